The average Bonchev–Trinajstić information content (AvgIpc) is 3.43. The highest BCUT2D eigenvalue weighted by molar-refractivity contribution is 6.31. The van der Waals surface area contributed by atoms with Gasteiger partial charge in [0.1, 0.15) is 0 Å². The summed E-state index contributed by atoms with van der Waals surface area (Å²) in [5.74, 6) is 0.639. The van der Waals surface area contributed by atoms with Crippen molar-refractivity contribution in [2.24, 2.45) is 7.05 Å². The van der Waals surface area contributed by atoms with E-state index in [1.54, 1.807) is 17.5 Å². The molecular weight excluding hydrogens is 406 g/mol. The number of aromatic nitrogens is 5. The maximum Gasteiger partial charge on any atom is 0.332 e. The monoisotopic (exact) mass is 427 g/mol. The molecule has 1 atom stereocenters. The van der Waals surface area contributed by atoms with Crippen LogP contribution in [0.3, 0.4) is 0 Å². The summed E-state index contributed by atoms with van der Waals surface area (Å²) in [6.45, 7) is 3.54. The van der Waals surface area contributed by atoms with Gasteiger partial charge in [-0.1, -0.05) is 29.8 Å². The standard InChI is InChI=1S/C21H22ClN5O3/c1-13-10-26-17-18(23-20(26)25(13)12-15-7-5-9-30-15)24(2)21(29)27(19(17)28)11-14-6-3-4-8-16(14)22/h3-4,6,8,10,15H,5,7,9,11-12H2,1-2H3. The Morgan fingerprint density at radius 2 is 2.03 bits per heavy atom. The van der Waals surface area contributed by atoms with Gasteiger partial charge in [-0.15, -0.1) is 0 Å². The Bertz CT molecular complexity index is 1390. The van der Waals surface area contributed by atoms with E-state index in [9.17, 15) is 9.59 Å². The van der Waals surface area contributed by atoms with Crippen molar-refractivity contribution in [3.63, 3.8) is 0 Å². The van der Waals surface area contributed by atoms with E-state index in [0.29, 0.717) is 34.1 Å². The molecule has 0 N–H and O–H groups in total. The van der Waals surface area contributed by atoms with E-state index in [4.69, 9.17) is 16.3 Å². The van der Waals surface area contributed by atoms with Crippen LogP contribution < -0.4 is 11.2 Å². The number of fused-ring (bicyclic) bond motifs is 3. The number of nitrogens with zero attached hydrogens (tertiary/aromatic N) is 5. The molecule has 5 rings (SSSR count). The number of hydrogen-bond donors (Lipinski definition) is 0. The van der Waals surface area contributed by atoms with E-state index < -0.39 is 5.69 Å². The normalized spacial score (nSPS) is 16.8. The van der Waals surface area contributed by atoms with Crippen molar-refractivity contribution in [1.29, 1.82) is 0 Å². The van der Waals surface area contributed by atoms with Gasteiger partial charge in [0, 0.05) is 30.6 Å². The lowest BCUT2D eigenvalue weighted by molar-refractivity contribution is 0.0974. The van der Waals surface area contributed by atoms with Gasteiger partial charge in [-0.05, 0) is 31.4 Å². The molecular formula is C21H22ClN5O3. The molecule has 8 nitrogen and oxygen atoms in total. The molecule has 4 heterocycles. The van der Waals surface area contributed by atoms with Gasteiger partial charge in [0.15, 0.2) is 11.2 Å². The van der Waals surface area contributed by atoms with E-state index in [-0.39, 0.29) is 18.2 Å². The van der Waals surface area contributed by atoms with Crippen LogP contribution in [0.25, 0.3) is 16.9 Å². The fraction of sp³-hybridized carbons (Fsp3) is 0.381. The zero-order valence-corrected chi connectivity index (χ0v) is 17.6. The Labute approximate surface area is 176 Å². The first-order valence-corrected chi connectivity index (χ1v) is 10.4. The average molecular weight is 428 g/mol. The van der Waals surface area contributed by atoms with Crippen LogP contribution >= 0.6 is 11.6 Å². The van der Waals surface area contributed by atoms with Gasteiger partial charge >= 0.3 is 5.69 Å². The summed E-state index contributed by atoms with van der Waals surface area (Å²) in [4.78, 5) is 31.0. The quantitative estimate of drug-likeness (QED) is 0.501. The summed E-state index contributed by atoms with van der Waals surface area (Å²) < 4.78 is 12.2. The molecule has 1 saturated heterocycles. The lowest BCUT2D eigenvalue weighted by atomic mass is 10.2. The van der Waals surface area contributed by atoms with Crippen LogP contribution in [-0.4, -0.2) is 35.8 Å². The second kappa shape index (κ2) is 7.14. The summed E-state index contributed by atoms with van der Waals surface area (Å²) in [6.07, 6.45) is 4.10. The second-order valence-electron chi connectivity index (χ2n) is 7.79. The van der Waals surface area contributed by atoms with Gasteiger partial charge in [-0.2, -0.15) is 4.98 Å². The van der Waals surface area contributed by atoms with Gasteiger partial charge in [-0.3, -0.25) is 18.3 Å². The van der Waals surface area contributed by atoms with Gasteiger partial charge in [0.25, 0.3) is 5.56 Å². The summed E-state index contributed by atoms with van der Waals surface area (Å²) >= 11 is 6.26. The van der Waals surface area contributed by atoms with Crippen molar-refractivity contribution >= 4 is 28.5 Å². The lowest BCUT2D eigenvalue weighted by Crippen LogP contribution is -2.39. The topological polar surface area (TPSA) is 75.5 Å². The van der Waals surface area contributed by atoms with Crippen LogP contribution in [0.4, 0.5) is 0 Å². The number of rotatable bonds is 4. The highest BCUT2D eigenvalue weighted by Gasteiger charge is 2.23. The maximum atomic E-state index is 13.4. The Kier molecular flexibility index (Phi) is 4.56. The molecule has 0 saturated carbocycles. The lowest BCUT2D eigenvalue weighted by Gasteiger charge is -2.11. The molecule has 1 aliphatic heterocycles. The van der Waals surface area contributed by atoms with Gasteiger partial charge in [0.2, 0.25) is 5.78 Å². The Morgan fingerprint density at radius 1 is 1.23 bits per heavy atom. The number of benzene rings is 1. The second-order valence-corrected chi connectivity index (χ2v) is 8.20. The number of halogens is 1. The van der Waals surface area contributed by atoms with Crippen LogP contribution in [0.1, 0.15) is 24.1 Å². The van der Waals surface area contributed by atoms with Crippen molar-refractivity contribution < 1.29 is 4.74 Å². The third-order valence-corrected chi connectivity index (χ3v) is 6.21. The third-order valence-electron chi connectivity index (χ3n) is 5.84. The van der Waals surface area contributed by atoms with Crippen molar-refractivity contribution in [3.05, 3.63) is 67.6 Å². The fourth-order valence-corrected chi connectivity index (χ4v) is 4.40. The minimum absolute atomic E-state index is 0.101. The molecule has 3 aromatic heterocycles. The smallest absolute Gasteiger partial charge is 0.332 e. The predicted molar refractivity (Wildman–Crippen MR) is 114 cm³/mol. The van der Waals surface area contributed by atoms with E-state index in [1.165, 1.54) is 9.13 Å². The zero-order chi connectivity index (χ0) is 21.0. The van der Waals surface area contributed by atoms with E-state index in [1.807, 2.05) is 31.3 Å². The molecule has 0 radical (unpaired) electrons. The molecule has 0 aliphatic carbocycles. The number of imidazole rings is 2. The first kappa shape index (κ1) is 19.1. The molecule has 1 unspecified atom stereocenters. The van der Waals surface area contributed by atoms with Gasteiger partial charge < -0.3 is 9.30 Å². The SMILES string of the molecule is Cc1cn2c3c(=O)n(Cc4ccccc4Cl)c(=O)n(C)c3nc2n1CC1CCCO1. The molecule has 0 bridgehead atoms. The van der Waals surface area contributed by atoms with Crippen molar-refractivity contribution in [1.82, 2.24) is 23.1 Å². The van der Waals surface area contributed by atoms with Crippen LogP contribution in [0, 0.1) is 6.92 Å². The minimum Gasteiger partial charge on any atom is -0.376 e. The van der Waals surface area contributed by atoms with Gasteiger partial charge in [0.05, 0.1) is 19.2 Å². The fourth-order valence-electron chi connectivity index (χ4n) is 4.21. The molecule has 0 spiro atoms. The van der Waals surface area contributed by atoms with Gasteiger partial charge in [-0.25, -0.2) is 4.79 Å². The third kappa shape index (κ3) is 2.90. The van der Waals surface area contributed by atoms with Crippen molar-refractivity contribution in [2.75, 3.05) is 6.61 Å². The summed E-state index contributed by atoms with van der Waals surface area (Å²) in [5.41, 5.74) is 1.65. The molecule has 156 valence electrons. The Balaban J connectivity index is 1.71. The predicted octanol–water partition coefficient (Wildman–Crippen LogP) is 2.34. The summed E-state index contributed by atoms with van der Waals surface area (Å²) in [7, 11) is 1.64. The maximum absolute atomic E-state index is 13.4. The van der Waals surface area contributed by atoms with Crippen LogP contribution in [0.15, 0.2) is 40.1 Å². The number of ether oxygens (including phenoxy) is 1. The number of aryl methyl sites for hydroxylation is 2. The van der Waals surface area contributed by atoms with Crippen molar-refractivity contribution in [2.45, 2.75) is 39.0 Å². The molecule has 9 heteroatoms. The number of hydrogen-bond acceptors (Lipinski definition) is 4. The van der Waals surface area contributed by atoms with E-state index in [0.717, 1.165) is 25.1 Å². The Morgan fingerprint density at radius 3 is 2.77 bits per heavy atom. The Hall–Kier alpha value is -2.84. The highest BCUT2D eigenvalue weighted by atomic mass is 35.5. The first-order valence-electron chi connectivity index (χ1n) is 9.98. The molecule has 1 aliphatic rings. The van der Waals surface area contributed by atoms with E-state index in [2.05, 4.69) is 9.55 Å². The van der Waals surface area contributed by atoms with Crippen LogP contribution in [-0.2, 0) is 24.9 Å². The first-order chi connectivity index (χ1) is 14.5. The highest BCUT2D eigenvalue weighted by Crippen LogP contribution is 2.21. The summed E-state index contributed by atoms with van der Waals surface area (Å²) in [5, 5.41) is 0.517. The molecule has 0 amide bonds. The minimum atomic E-state index is -0.421. The molecule has 30 heavy (non-hydrogen) atoms. The van der Waals surface area contributed by atoms with Crippen LogP contribution in [0.2, 0.25) is 5.02 Å². The van der Waals surface area contributed by atoms with Crippen molar-refractivity contribution in [3.8, 4) is 0 Å². The molecule has 1 fully saturated rings. The summed E-state index contributed by atoms with van der Waals surface area (Å²) in [6, 6.07) is 7.21. The van der Waals surface area contributed by atoms with E-state index >= 15 is 0 Å². The molecule has 1 aromatic carbocycles. The molecule has 4 aromatic rings. The largest absolute Gasteiger partial charge is 0.376 e. The zero-order valence-electron chi connectivity index (χ0n) is 16.8. The van der Waals surface area contributed by atoms with Crippen LogP contribution in [0.5, 0.6) is 0 Å².